The van der Waals surface area contributed by atoms with Crippen molar-refractivity contribution >= 4 is 18.0 Å². The molecule has 0 atom stereocenters. The number of primary amides is 1. The molecule has 6 nitrogen and oxygen atoms in total. The highest BCUT2D eigenvalue weighted by molar-refractivity contribution is 5.83. The van der Waals surface area contributed by atoms with Crippen molar-refractivity contribution in [3.63, 3.8) is 0 Å². The van der Waals surface area contributed by atoms with Crippen molar-refractivity contribution in [3.8, 4) is 0 Å². The van der Waals surface area contributed by atoms with Gasteiger partial charge in [-0.05, 0) is 26.2 Å². The summed E-state index contributed by atoms with van der Waals surface area (Å²) in [7, 11) is 0. The molecule has 0 aromatic rings. The molecule has 0 fully saturated rings. The van der Waals surface area contributed by atoms with Crippen molar-refractivity contribution < 1.29 is 24.2 Å². The lowest BCUT2D eigenvalue weighted by Gasteiger charge is -2.15. The van der Waals surface area contributed by atoms with Gasteiger partial charge in [0.25, 0.3) is 0 Å². The number of ether oxygens (including phenoxy) is 1. The van der Waals surface area contributed by atoms with Crippen molar-refractivity contribution in [2.75, 3.05) is 0 Å². The number of nitrogens with two attached hydrogens (primary N) is 1. The van der Waals surface area contributed by atoms with Gasteiger partial charge < -0.3 is 15.6 Å². The van der Waals surface area contributed by atoms with Crippen LogP contribution < -0.4 is 5.73 Å². The van der Waals surface area contributed by atoms with Crippen LogP contribution in [-0.4, -0.2) is 23.1 Å². The summed E-state index contributed by atoms with van der Waals surface area (Å²) in [6.45, 7) is 10.6. The van der Waals surface area contributed by atoms with E-state index in [4.69, 9.17) is 5.11 Å². The molecule has 0 heterocycles. The molecule has 0 aliphatic rings. The van der Waals surface area contributed by atoms with Gasteiger partial charge in [0.2, 0.25) is 0 Å². The highest BCUT2D eigenvalue weighted by Gasteiger charge is 2.19. The van der Waals surface area contributed by atoms with Crippen molar-refractivity contribution in [1.29, 1.82) is 0 Å². The molecule has 18 heavy (non-hydrogen) atoms. The molecule has 1 amide bonds. The average Bonchev–Trinajstić information content (AvgIpc) is 1.96. The molecule has 0 aromatic heterocycles. The number of esters is 1. The number of aliphatic carboxylic acids is 1. The maximum atomic E-state index is 10.7. The summed E-state index contributed by atoms with van der Waals surface area (Å²) in [5, 5.41) is 8.25. The second kappa shape index (κ2) is 6.98. The molecule has 3 N–H and O–H groups in total. The smallest absolute Gasteiger partial charge is 0.412 e. The van der Waals surface area contributed by atoms with E-state index in [1.807, 2.05) is 20.8 Å². The monoisotopic (exact) mass is 261 g/mol. The van der Waals surface area contributed by atoms with Gasteiger partial charge in [0.1, 0.15) is 0 Å². The van der Waals surface area contributed by atoms with E-state index in [-0.39, 0.29) is 11.8 Å². The van der Waals surface area contributed by atoms with E-state index >= 15 is 0 Å². The Morgan fingerprint density at radius 3 is 1.56 bits per heavy atom. The summed E-state index contributed by atoms with van der Waals surface area (Å²) >= 11 is 0. The van der Waals surface area contributed by atoms with Crippen LogP contribution in [0.3, 0.4) is 0 Å². The molecule has 0 saturated heterocycles. The minimum Gasteiger partial charge on any atom is -0.481 e. The van der Waals surface area contributed by atoms with Crippen LogP contribution in [0.1, 0.15) is 48.0 Å². The number of amides is 1. The first-order chi connectivity index (χ1) is 7.75. The largest absolute Gasteiger partial charge is 0.481 e. The van der Waals surface area contributed by atoms with Gasteiger partial charge in [0, 0.05) is 0 Å². The Bertz CT molecular complexity index is 309. The molecule has 0 radical (unpaired) electrons. The van der Waals surface area contributed by atoms with E-state index in [1.54, 1.807) is 20.8 Å². The van der Waals surface area contributed by atoms with E-state index in [2.05, 4.69) is 10.5 Å². The predicted molar refractivity (Wildman–Crippen MR) is 66.8 cm³/mol. The Hall–Kier alpha value is -1.59. The fourth-order valence-electron chi connectivity index (χ4n) is 0.581. The number of carbonyl (C=O) groups excluding carboxylic acids is 2. The molecular formula is C12H23NO5. The number of hydrogen-bond acceptors (Lipinski definition) is 4. The molecule has 0 unspecified atom stereocenters. The third kappa shape index (κ3) is 14.4. The molecule has 0 spiro atoms. The Kier molecular flexibility index (Phi) is 7.28. The molecular weight excluding hydrogens is 238 g/mol. The molecule has 6 heteroatoms. The van der Waals surface area contributed by atoms with Crippen LogP contribution in [-0.2, 0) is 14.3 Å². The highest BCUT2D eigenvalue weighted by Crippen LogP contribution is 2.18. The fourth-order valence-corrected chi connectivity index (χ4v) is 0.581. The molecule has 0 rings (SSSR count). The van der Waals surface area contributed by atoms with Crippen LogP contribution in [0.4, 0.5) is 4.79 Å². The van der Waals surface area contributed by atoms with Gasteiger partial charge in [-0.1, -0.05) is 20.8 Å². The van der Waals surface area contributed by atoms with Crippen LogP contribution in [0.15, 0.2) is 0 Å². The zero-order chi connectivity index (χ0) is 15.1. The number of hydrogen-bond donors (Lipinski definition) is 2. The second-order valence-electron chi connectivity index (χ2n) is 6.09. The number of rotatable bonds is 1. The summed E-state index contributed by atoms with van der Waals surface area (Å²) in [5.74, 6) is -1.34. The number of carbonyl (C=O) groups is 3. The van der Waals surface area contributed by atoms with Gasteiger partial charge in [0.15, 0.2) is 0 Å². The SMILES string of the molecule is CC(C)(C)C(=O)O.CC(C)(C)CC(=O)OC(N)=O. The summed E-state index contributed by atoms with van der Waals surface area (Å²) < 4.78 is 4.13. The normalized spacial score (nSPS) is 11.0. The van der Waals surface area contributed by atoms with Crippen LogP contribution in [0.25, 0.3) is 0 Å². The van der Waals surface area contributed by atoms with Gasteiger partial charge in [0.05, 0.1) is 11.8 Å². The van der Waals surface area contributed by atoms with Gasteiger partial charge in [-0.3, -0.25) is 9.59 Å². The van der Waals surface area contributed by atoms with E-state index in [1.165, 1.54) is 0 Å². The molecule has 0 aliphatic carbocycles. The van der Waals surface area contributed by atoms with E-state index in [9.17, 15) is 14.4 Å². The van der Waals surface area contributed by atoms with E-state index in [0.29, 0.717) is 0 Å². The zero-order valence-electron chi connectivity index (χ0n) is 11.9. The maximum Gasteiger partial charge on any atom is 0.412 e. The molecule has 0 saturated carbocycles. The van der Waals surface area contributed by atoms with Crippen molar-refractivity contribution in [2.24, 2.45) is 16.6 Å². The Labute approximate surface area is 107 Å². The molecule has 0 aliphatic heterocycles. The molecule has 106 valence electrons. The average molecular weight is 261 g/mol. The van der Waals surface area contributed by atoms with Crippen molar-refractivity contribution in [2.45, 2.75) is 48.0 Å². The van der Waals surface area contributed by atoms with Crippen molar-refractivity contribution in [3.05, 3.63) is 0 Å². The van der Waals surface area contributed by atoms with Crippen LogP contribution >= 0.6 is 0 Å². The van der Waals surface area contributed by atoms with Crippen molar-refractivity contribution in [1.82, 2.24) is 0 Å². The van der Waals surface area contributed by atoms with Crippen LogP contribution in [0, 0.1) is 10.8 Å². The Morgan fingerprint density at radius 2 is 1.39 bits per heavy atom. The fraction of sp³-hybridized carbons (Fsp3) is 0.750. The van der Waals surface area contributed by atoms with Crippen LogP contribution in [0.5, 0.6) is 0 Å². The highest BCUT2D eigenvalue weighted by atomic mass is 16.6. The predicted octanol–water partition coefficient (Wildman–Crippen LogP) is 2.16. The lowest BCUT2D eigenvalue weighted by Crippen LogP contribution is -2.22. The van der Waals surface area contributed by atoms with Gasteiger partial charge >= 0.3 is 18.0 Å². The first-order valence-corrected chi connectivity index (χ1v) is 5.49. The zero-order valence-corrected chi connectivity index (χ0v) is 11.9. The number of carboxylic acid groups (broad SMARTS) is 1. The summed E-state index contributed by atoms with van der Waals surface area (Å²) in [6, 6.07) is 0. The third-order valence-corrected chi connectivity index (χ3v) is 1.53. The first kappa shape index (κ1) is 18.8. The number of carboxylic acids is 1. The van der Waals surface area contributed by atoms with Gasteiger partial charge in [-0.25, -0.2) is 4.79 Å². The minimum absolute atomic E-state index is 0.174. The second-order valence-corrected chi connectivity index (χ2v) is 6.09. The van der Waals surface area contributed by atoms with Crippen LogP contribution in [0.2, 0.25) is 0 Å². The lowest BCUT2D eigenvalue weighted by molar-refractivity contribution is -0.146. The maximum absolute atomic E-state index is 10.7. The quantitative estimate of drug-likeness (QED) is 0.555. The Morgan fingerprint density at radius 1 is 1.06 bits per heavy atom. The van der Waals surface area contributed by atoms with E-state index < -0.39 is 23.4 Å². The molecule has 0 aromatic carbocycles. The van der Waals surface area contributed by atoms with Gasteiger partial charge in [-0.15, -0.1) is 0 Å². The topological polar surface area (TPSA) is 107 Å². The third-order valence-electron chi connectivity index (χ3n) is 1.53. The Balaban J connectivity index is 0. The van der Waals surface area contributed by atoms with Gasteiger partial charge in [-0.2, -0.15) is 0 Å². The summed E-state index contributed by atoms with van der Waals surface area (Å²) in [5.41, 5.74) is 3.87. The summed E-state index contributed by atoms with van der Waals surface area (Å²) in [6.07, 6.45) is -0.852. The lowest BCUT2D eigenvalue weighted by atomic mass is 9.93. The molecule has 0 bridgehead atoms. The van der Waals surface area contributed by atoms with E-state index in [0.717, 1.165) is 0 Å². The minimum atomic E-state index is -1.04. The standard InChI is InChI=1S/C7H13NO3.C5H10O2/c1-7(2,3)4-5(9)11-6(8)10;1-5(2,3)4(6)7/h4H2,1-3H3,(H2,8,10);1-3H3,(H,6,7). The first-order valence-electron chi connectivity index (χ1n) is 5.49. The summed E-state index contributed by atoms with van der Waals surface area (Å²) in [4.78, 5) is 30.8.